The van der Waals surface area contributed by atoms with E-state index in [0.717, 1.165) is 15.6 Å². The van der Waals surface area contributed by atoms with Gasteiger partial charge in [0.15, 0.2) is 0 Å². The first-order valence-corrected chi connectivity index (χ1v) is 6.61. The topological polar surface area (TPSA) is 26.3 Å². The van der Waals surface area contributed by atoms with Crippen LogP contribution in [0.25, 0.3) is 12.2 Å². The van der Waals surface area contributed by atoms with Crippen LogP contribution >= 0.6 is 15.9 Å². The standard InChI is InChI=1S/C16H13BrO2/c1-19-16(18)14-9-5-8-13(15(14)17)11-10-12-6-3-2-4-7-12/h2-11H,1H3/b11-10+. The second-order valence-electron chi connectivity index (χ2n) is 3.94. The molecule has 0 radical (unpaired) electrons. The van der Waals surface area contributed by atoms with Crippen LogP contribution in [-0.4, -0.2) is 13.1 Å². The van der Waals surface area contributed by atoms with Gasteiger partial charge >= 0.3 is 5.97 Å². The summed E-state index contributed by atoms with van der Waals surface area (Å²) in [6.45, 7) is 0. The molecule has 2 nitrogen and oxygen atoms in total. The minimum Gasteiger partial charge on any atom is -0.465 e. The highest BCUT2D eigenvalue weighted by molar-refractivity contribution is 9.10. The van der Waals surface area contributed by atoms with E-state index in [2.05, 4.69) is 15.9 Å². The van der Waals surface area contributed by atoms with Gasteiger partial charge in [-0.1, -0.05) is 54.6 Å². The molecule has 0 aromatic heterocycles. The number of carbonyl (C=O) groups is 1. The van der Waals surface area contributed by atoms with Crippen molar-refractivity contribution in [1.82, 2.24) is 0 Å². The van der Waals surface area contributed by atoms with E-state index in [0.29, 0.717) is 5.56 Å². The Bertz CT molecular complexity index is 603. The van der Waals surface area contributed by atoms with Gasteiger partial charge in [-0.25, -0.2) is 4.79 Å². The highest BCUT2D eigenvalue weighted by Gasteiger charge is 2.11. The minimum atomic E-state index is -0.346. The maximum atomic E-state index is 11.6. The Balaban J connectivity index is 2.31. The van der Waals surface area contributed by atoms with Gasteiger partial charge in [0.2, 0.25) is 0 Å². The number of esters is 1. The average molecular weight is 317 g/mol. The summed E-state index contributed by atoms with van der Waals surface area (Å²) in [5.41, 5.74) is 2.57. The highest BCUT2D eigenvalue weighted by atomic mass is 79.9. The number of rotatable bonds is 3. The first-order valence-electron chi connectivity index (χ1n) is 5.82. The number of halogens is 1. The second kappa shape index (κ2) is 6.34. The van der Waals surface area contributed by atoms with Crippen LogP contribution in [-0.2, 0) is 4.74 Å². The van der Waals surface area contributed by atoms with Crippen molar-refractivity contribution in [1.29, 1.82) is 0 Å². The fourth-order valence-corrected chi connectivity index (χ4v) is 2.25. The smallest absolute Gasteiger partial charge is 0.339 e. The van der Waals surface area contributed by atoms with E-state index >= 15 is 0 Å². The van der Waals surface area contributed by atoms with Crippen LogP contribution in [0.1, 0.15) is 21.5 Å². The van der Waals surface area contributed by atoms with E-state index in [-0.39, 0.29) is 5.97 Å². The molecule has 0 atom stereocenters. The summed E-state index contributed by atoms with van der Waals surface area (Å²) in [5.74, 6) is -0.346. The monoisotopic (exact) mass is 316 g/mol. The highest BCUT2D eigenvalue weighted by Crippen LogP contribution is 2.24. The Morgan fingerprint density at radius 1 is 1.05 bits per heavy atom. The zero-order chi connectivity index (χ0) is 13.7. The summed E-state index contributed by atoms with van der Waals surface area (Å²) in [6, 6.07) is 15.5. The van der Waals surface area contributed by atoms with Crippen LogP contribution in [0.5, 0.6) is 0 Å². The van der Waals surface area contributed by atoms with E-state index in [4.69, 9.17) is 4.74 Å². The lowest BCUT2D eigenvalue weighted by molar-refractivity contribution is 0.0599. The van der Waals surface area contributed by atoms with Crippen molar-refractivity contribution in [3.05, 3.63) is 69.7 Å². The number of carbonyl (C=O) groups excluding carboxylic acids is 1. The third-order valence-corrected chi connectivity index (χ3v) is 3.57. The minimum absolute atomic E-state index is 0.346. The lowest BCUT2D eigenvalue weighted by Crippen LogP contribution is -2.02. The van der Waals surface area contributed by atoms with Crippen LogP contribution in [0, 0.1) is 0 Å². The molecule has 0 saturated heterocycles. The van der Waals surface area contributed by atoms with Crippen LogP contribution in [0.3, 0.4) is 0 Å². The third kappa shape index (κ3) is 3.32. The van der Waals surface area contributed by atoms with Gasteiger partial charge in [-0.05, 0) is 33.1 Å². The Hall–Kier alpha value is -1.87. The van der Waals surface area contributed by atoms with E-state index in [1.54, 1.807) is 6.07 Å². The maximum absolute atomic E-state index is 11.6. The van der Waals surface area contributed by atoms with Gasteiger partial charge in [-0.15, -0.1) is 0 Å². The number of hydrogen-bond acceptors (Lipinski definition) is 2. The predicted molar refractivity (Wildman–Crippen MR) is 80.9 cm³/mol. The van der Waals surface area contributed by atoms with Crippen molar-refractivity contribution in [2.24, 2.45) is 0 Å². The molecule has 96 valence electrons. The van der Waals surface area contributed by atoms with Crippen LogP contribution in [0.4, 0.5) is 0 Å². The van der Waals surface area contributed by atoms with E-state index < -0.39 is 0 Å². The van der Waals surface area contributed by atoms with Gasteiger partial charge in [-0.3, -0.25) is 0 Å². The molecule has 2 rings (SSSR count). The molecule has 0 saturated carbocycles. The first kappa shape index (κ1) is 13.6. The number of benzene rings is 2. The average Bonchev–Trinajstić information content (AvgIpc) is 2.46. The fourth-order valence-electron chi connectivity index (χ4n) is 1.70. The molecule has 0 amide bonds. The van der Waals surface area contributed by atoms with Crippen molar-refractivity contribution in [3.8, 4) is 0 Å². The van der Waals surface area contributed by atoms with Crippen molar-refractivity contribution in [2.45, 2.75) is 0 Å². The van der Waals surface area contributed by atoms with Crippen molar-refractivity contribution in [2.75, 3.05) is 7.11 Å². The summed E-state index contributed by atoms with van der Waals surface area (Å²) in [6.07, 6.45) is 3.97. The van der Waals surface area contributed by atoms with Gasteiger partial charge in [0.1, 0.15) is 0 Å². The van der Waals surface area contributed by atoms with Crippen molar-refractivity contribution in [3.63, 3.8) is 0 Å². The summed E-state index contributed by atoms with van der Waals surface area (Å²) < 4.78 is 5.49. The molecule has 0 unspecified atom stereocenters. The van der Waals surface area contributed by atoms with Crippen molar-refractivity contribution < 1.29 is 9.53 Å². The Labute approximate surface area is 120 Å². The molecule has 0 heterocycles. The zero-order valence-corrected chi connectivity index (χ0v) is 12.1. The Morgan fingerprint density at radius 2 is 1.79 bits per heavy atom. The number of hydrogen-bond donors (Lipinski definition) is 0. The summed E-state index contributed by atoms with van der Waals surface area (Å²) >= 11 is 3.44. The molecule has 19 heavy (non-hydrogen) atoms. The van der Waals surface area contributed by atoms with Crippen LogP contribution in [0.15, 0.2) is 53.0 Å². The molecular formula is C16H13BrO2. The largest absolute Gasteiger partial charge is 0.465 e. The summed E-state index contributed by atoms with van der Waals surface area (Å²) in [7, 11) is 1.38. The quantitative estimate of drug-likeness (QED) is 0.619. The molecule has 0 N–H and O–H groups in total. The molecular weight excluding hydrogens is 304 g/mol. The first-order chi connectivity index (χ1) is 9.22. The SMILES string of the molecule is COC(=O)c1cccc(/C=C/c2ccccc2)c1Br. The molecule has 0 aliphatic heterocycles. The van der Waals surface area contributed by atoms with Gasteiger partial charge in [0, 0.05) is 4.47 Å². The molecule has 3 heteroatoms. The van der Waals surface area contributed by atoms with Gasteiger partial charge in [0.05, 0.1) is 12.7 Å². The van der Waals surface area contributed by atoms with Crippen molar-refractivity contribution >= 4 is 34.1 Å². The number of methoxy groups -OCH3 is 1. The number of ether oxygens (including phenoxy) is 1. The normalized spacial score (nSPS) is 10.6. The lowest BCUT2D eigenvalue weighted by atomic mass is 10.1. The summed E-state index contributed by atoms with van der Waals surface area (Å²) in [4.78, 5) is 11.6. The Morgan fingerprint density at radius 3 is 2.47 bits per heavy atom. The molecule has 0 fully saturated rings. The lowest BCUT2D eigenvalue weighted by Gasteiger charge is -2.05. The molecule has 0 bridgehead atoms. The zero-order valence-electron chi connectivity index (χ0n) is 10.5. The molecule has 0 spiro atoms. The Kier molecular flexibility index (Phi) is 4.53. The fraction of sp³-hybridized carbons (Fsp3) is 0.0625. The third-order valence-electron chi connectivity index (χ3n) is 2.69. The molecule has 2 aromatic rings. The molecule has 0 aliphatic carbocycles. The van der Waals surface area contributed by atoms with Gasteiger partial charge < -0.3 is 4.74 Å². The van der Waals surface area contributed by atoms with Crippen LogP contribution in [0.2, 0.25) is 0 Å². The maximum Gasteiger partial charge on any atom is 0.339 e. The van der Waals surface area contributed by atoms with E-state index in [1.807, 2.05) is 54.6 Å². The van der Waals surface area contributed by atoms with Gasteiger partial charge in [-0.2, -0.15) is 0 Å². The van der Waals surface area contributed by atoms with E-state index in [1.165, 1.54) is 7.11 Å². The summed E-state index contributed by atoms with van der Waals surface area (Å²) in [5, 5.41) is 0. The second-order valence-corrected chi connectivity index (χ2v) is 4.74. The molecule has 0 aliphatic rings. The van der Waals surface area contributed by atoms with Crippen LogP contribution < -0.4 is 0 Å². The van der Waals surface area contributed by atoms with Gasteiger partial charge in [0.25, 0.3) is 0 Å². The molecule has 2 aromatic carbocycles. The predicted octanol–water partition coefficient (Wildman–Crippen LogP) is 4.41. The van der Waals surface area contributed by atoms with E-state index in [9.17, 15) is 4.79 Å².